The van der Waals surface area contributed by atoms with Crippen molar-refractivity contribution < 1.29 is 0 Å². The highest BCUT2D eigenvalue weighted by Gasteiger charge is 2.27. The van der Waals surface area contributed by atoms with Crippen LogP contribution in [0.25, 0.3) is 22.1 Å². The Kier molecular flexibility index (Phi) is 3.84. The van der Waals surface area contributed by atoms with Gasteiger partial charge in [0.1, 0.15) is 0 Å². The molecule has 0 aliphatic rings. The van der Waals surface area contributed by atoms with Gasteiger partial charge in [-0.3, -0.25) is 5.10 Å². The van der Waals surface area contributed by atoms with Gasteiger partial charge in [-0.2, -0.15) is 10.2 Å². The quantitative estimate of drug-likeness (QED) is 0.590. The number of H-pyrrole nitrogens is 1. The minimum atomic E-state index is -0.154. The molecular weight excluding hydrogens is 336 g/mol. The molecule has 0 saturated heterocycles. The lowest BCUT2D eigenvalue weighted by Crippen LogP contribution is -2.25. The average molecular weight is 362 g/mol. The standard InChI is InChI=1S/C21H26N6/c1-13-9-23-19-15(17(13)20(2,3)4)11-25-27(19)12-21(5,6)16-7-8-22-18-14(16)10-24-26-18/h7-11H,12H2,1-6H3,(H,22,24,26). The number of pyridine rings is 2. The molecule has 140 valence electrons. The van der Waals surface area contributed by atoms with Crippen molar-refractivity contribution in [2.45, 2.75) is 58.9 Å². The maximum atomic E-state index is 4.71. The first-order chi connectivity index (χ1) is 12.7. The predicted molar refractivity (Wildman–Crippen MR) is 108 cm³/mol. The molecule has 4 rings (SSSR count). The zero-order chi connectivity index (χ0) is 19.4. The van der Waals surface area contributed by atoms with E-state index in [1.165, 1.54) is 16.7 Å². The van der Waals surface area contributed by atoms with Gasteiger partial charge < -0.3 is 0 Å². The predicted octanol–water partition coefficient (Wildman–Crippen LogP) is 4.29. The molecule has 4 aromatic rings. The fourth-order valence-corrected chi connectivity index (χ4v) is 4.14. The SMILES string of the molecule is Cc1cnc2c(cnn2CC(C)(C)c2ccnc3[nH]ncc23)c1C(C)(C)C. The highest BCUT2D eigenvalue weighted by atomic mass is 15.3. The van der Waals surface area contributed by atoms with Crippen LogP contribution >= 0.6 is 0 Å². The second-order valence-electron chi connectivity index (χ2n) is 8.98. The van der Waals surface area contributed by atoms with Gasteiger partial charge in [0.15, 0.2) is 11.3 Å². The summed E-state index contributed by atoms with van der Waals surface area (Å²) in [6.07, 6.45) is 7.61. The van der Waals surface area contributed by atoms with Crippen molar-refractivity contribution >= 4 is 22.1 Å². The Labute approximate surface area is 159 Å². The number of aryl methyl sites for hydroxylation is 1. The molecule has 0 amide bonds. The van der Waals surface area contributed by atoms with Crippen LogP contribution in [0.3, 0.4) is 0 Å². The summed E-state index contributed by atoms with van der Waals surface area (Å²) in [6.45, 7) is 14.0. The molecule has 0 radical (unpaired) electrons. The normalized spacial score (nSPS) is 13.0. The minimum absolute atomic E-state index is 0.0444. The lowest BCUT2D eigenvalue weighted by atomic mass is 9.83. The molecule has 0 aliphatic heterocycles. The first-order valence-corrected chi connectivity index (χ1v) is 9.29. The van der Waals surface area contributed by atoms with E-state index >= 15 is 0 Å². The Bertz CT molecular complexity index is 1130. The zero-order valence-corrected chi connectivity index (χ0v) is 16.8. The second kappa shape index (κ2) is 5.87. The number of nitrogens with one attached hydrogen (secondary N) is 1. The van der Waals surface area contributed by atoms with Crippen LogP contribution in [0.4, 0.5) is 0 Å². The number of hydrogen-bond donors (Lipinski definition) is 1. The monoisotopic (exact) mass is 362 g/mol. The van der Waals surface area contributed by atoms with Crippen molar-refractivity contribution in [2.24, 2.45) is 0 Å². The molecule has 6 nitrogen and oxygen atoms in total. The van der Waals surface area contributed by atoms with E-state index < -0.39 is 0 Å². The van der Waals surface area contributed by atoms with Crippen molar-refractivity contribution in [1.29, 1.82) is 0 Å². The van der Waals surface area contributed by atoms with Crippen LogP contribution in [0.2, 0.25) is 0 Å². The molecule has 0 bridgehead atoms. The summed E-state index contributed by atoms with van der Waals surface area (Å²) in [5.74, 6) is 0. The van der Waals surface area contributed by atoms with E-state index in [9.17, 15) is 0 Å². The average Bonchev–Trinajstić information content (AvgIpc) is 3.19. The molecule has 0 fully saturated rings. The number of aromatic nitrogens is 6. The molecular formula is C21H26N6. The molecule has 27 heavy (non-hydrogen) atoms. The lowest BCUT2D eigenvalue weighted by Gasteiger charge is -2.26. The van der Waals surface area contributed by atoms with Crippen molar-refractivity contribution in [3.05, 3.63) is 47.5 Å². The van der Waals surface area contributed by atoms with Crippen molar-refractivity contribution in [2.75, 3.05) is 0 Å². The molecule has 6 heteroatoms. The Morgan fingerprint density at radius 3 is 2.52 bits per heavy atom. The van der Waals surface area contributed by atoms with Crippen LogP contribution in [0.5, 0.6) is 0 Å². The number of fused-ring (bicyclic) bond motifs is 2. The maximum absolute atomic E-state index is 4.71. The summed E-state index contributed by atoms with van der Waals surface area (Å²) < 4.78 is 2.02. The van der Waals surface area contributed by atoms with Crippen molar-refractivity contribution in [3.63, 3.8) is 0 Å². The summed E-state index contributed by atoms with van der Waals surface area (Å²) in [7, 11) is 0. The van der Waals surface area contributed by atoms with Crippen molar-refractivity contribution in [1.82, 2.24) is 29.9 Å². The molecule has 0 atom stereocenters. The van der Waals surface area contributed by atoms with Gasteiger partial charge in [0, 0.05) is 28.6 Å². The fraction of sp³-hybridized carbons (Fsp3) is 0.429. The first kappa shape index (κ1) is 17.6. The molecule has 4 aromatic heterocycles. The van der Waals surface area contributed by atoms with Gasteiger partial charge in [-0.1, -0.05) is 34.6 Å². The third kappa shape index (κ3) is 2.89. The summed E-state index contributed by atoms with van der Waals surface area (Å²) >= 11 is 0. The van der Waals surface area contributed by atoms with Crippen LogP contribution in [-0.2, 0) is 17.4 Å². The van der Waals surface area contributed by atoms with Crippen LogP contribution in [0.15, 0.2) is 30.9 Å². The summed E-state index contributed by atoms with van der Waals surface area (Å²) in [6, 6.07) is 2.07. The zero-order valence-electron chi connectivity index (χ0n) is 16.8. The number of aromatic amines is 1. The first-order valence-electron chi connectivity index (χ1n) is 9.29. The Balaban J connectivity index is 1.81. The number of rotatable bonds is 3. The van der Waals surface area contributed by atoms with E-state index in [4.69, 9.17) is 10.1 Å². The second-order valence-corrected chi connectivity index (χ2v) is 8.98. The van der Waals surface area contributed by atoms with Crippen molar-refractivity contribution in [3.8, 4) is 0 Å². The topological polar surface area (TPSA) is 72.3 Å². The number of hydrogen-bond acceptors (Lipinski definition) is 4. The minimum Gasteiger partial charge on any atom is -0.261 e. The van der Waals surface area contributed by atoms with E-state index in [0.29, 0.717) is 0 Å². The summed E-state index contributed by atoms with van der Waals surface area (Å²) in [4.78, 5) is 9.07. The Morgan fingerprint density at radius 2 is 1.78 bits per heavy atom. The molecule has 0 spiro atoms. The van der Waals surface area contributed by atoms with Gasteiger partial charge in [0.25, 0.3) is 0 Å². The molecule has 0 unspecified atom stereocenters. The van der Waals surface area contributed by atoms with Gasteiger partial charge in [0.05, 0.1) is 18.9 Å². The largest absolute Gasteiger partial charge is 0.261 e. The van der Waals surface area contributed by atoms with E-state index in [2.05, 4.69) is 62.8 Å². The van der Waals surface area contributed by atoms with Gasteiger partial charge in [-0.25, -0.2) is 14.6 Å². The van der Waals surface area contributed by atoms with E-state index in [1.54, 1.807) is 0 Å². The van der Waals surface area contributed by atoms with Gasteiger partial charge >= 0.3 is 0 Å². The van der Waals surface area contributed by atoms with Crippen LogP contribution in [-0.4, -0.2) is 29.9 Å². The van der Waals surface area contributed by atoms with E-state index in [-0.39, 0.29) is 10.8 Å². The molecule has 1 N–H and O–H groups in total. The maximum Gasteiger partial charge on any atom is 0.158 e. The molecule has 4 heterocycles. The van der Waals surface area contributed by atoms with Gasteiger partial charge in [-0.05, 0) is 35.1 Å². The van der Waals surface area contributed by atoms with Crippen LogP contribution in [0.1, 0.15) is 51.3 Å². The molecule has 0 saturated carbocycles. The van der Waals surface area contributed by atoms with E-state index in [0.717, 1.165) is 28.6 Å². The van der Waals surface area contributed by atoms with Crippen LogP contribution < -0.4 is 0 Å². The molecule has 0 aromatic carbocycles. The smallest absolute Gasteiger partial charge is 0.158 e. The Hall–Kier alpha value is -2.76. The third-order valence-electron chi connectivity index (χ3n) is 5.23. The third-order valence-corrected chi connectivity index (χ3v) is 5.23. The highest BCUT2D eigenvalue weighted by Crippen LogP contribution is 2.34. The van der Waals surface area contributed by atoms with E-state index in [1.807, 2.05) is 29.5 Å². The van der Waals surface area contributed by atoms with Gasteiger partial charge in [-0.15, -0.1) is 0 Å². The lowest BCUT2D eigenvalue weighted by molar-refractivity contribution is 0.417. The molecule has 0 aliphatic carbocycles. The Morgan fingerprint density at radius 1 is 1.00 bits per heavy atom. The number of nitrogens with zero attached hydrogens (tertiary/aromatic N) is 5. The summed E-state index contributed by atoms with van der Waals surface area (Å²) in [5.41, 5.74) is 5.38. The van der Waals surface area contributed by atoms with Gasteiger partial charge in [0.2, 0.25) is 0 Å². The highest BCUT2D eigenvalue weighted by molar-refractivity contribution is 5.81. The fourth-order valence-electron chi connectivity index (χ4n) is 4.14. The van der Waals surface area contributed by atoms with Crippen LogP contribution in [0, 0.1) is 6.92 Å². The summed E-state index contributed by atoms with van der Waals surface area (Å²) in [5, 5.41) is 14.0.